The quantitative estimate of drug-likeness (QED) is 0.717. The molecule has 0 spiro atoms. The van der Waals surface area contributed by atoms with E-state index < -0.39 is 5.97 Å². The predicted octanol–water partition coefficient (Wildman–Crippen LogP) is 4.09. The van der Waals surface area contributed by atoms with Gasteiger partial charge in [-0.1, -0.05) is 42.6 Å². The van der Waals surface area contributed by atoms with E-state index in [9.17, 15) is 9.59 Å². The number of carboxylic acids is 1. The first-order valence-corrected chi connectivity index (χ1v) is 7.78. The van der Waals surface area contributed by atoms with E-state index >= 15 is 0 Å². The maximum atomic E-state index is 12.0. The highest BCUT2D eigenvalue weighted by Gasteiger charge is 2.17. The number of hydrogen-bond donors (Lipinski definition) is 3. The fourth-order valence-electron chi connectivity index (χ4n) is 2.28. The molecule has 0 saturated carbocycles. The summed E-state index contributed by atoms with van der Waals surface area (Å²) in [6.07, 6.45) is 1.97. The number of anilines is 1. The Labute approximate surface area is 133 Å². The first kappa shape index (κ1) is 17.5. The van der Waals surface area contributed by atoms with Crippen molar-refractivity contribution in [3.63, 3.8) is 0 Å². The molecule has 0 heterocycles. The maximum Gasteiger partial charge on any atom is 0.337 e. The molecule has 1 aromatic carbocycles. The van der Waals surface area contributed by atoms with E-state index in [-0.39, 0.29) is 23.3 Å². The van der Waals surface area contributed by atoms with Crippen LogP contribution in [0, 0.1) is 5.92 Å². The fraction of sp³-hybridized carbons (Fsp3) is 0.467. The summed E-state index contributed by atoms with van der Waals surface area (Å²) in [5, 5.41) is 14.6. The third-order valence-corrected chi connectivity index (χ3v) is 4.07. The molecule has 0 aliphatic rings. The Balaban J connectivity index is 2.77. The van der Waals surface area contributed by atoms with Gasteiger partial charge in [-0.3, -0.25) is 0 Å². The summed E-state index contributed by atoms with van der Waals surface area (Å²) in [5.74, 6) is -0.681. The number of carboxylic acid groups (broad SMARTS) is 1. The van der Waals surface area contributed by atoms with Gasteiger partial charge in [0, 0.05) is 10.5 Å². The third kappa shape index (κ3) is 5.04. The average molecular weight is 357 g/mol. The van der Waals surface area contributed by atoms with Gasteiger partial charge in [0.15, 0.2) is 0 Å². The monoisotopic (exact) mass is 356 g/mol. The minimum absolute atomic E-state index is 0.0312. The van der Waals surface area contributed by atoms with Crippen molar-refractivity contribution in [1.82, 2.24) is 5.32 Å². The molecule has 3 N–H and O–H groups in total. The summed E-state index contributed by atoms with van der Waals surface area (Å²) in [5.41, 5.74) is 0.328. The number of aromatic carboxylic acids is 1. The van der Waals surface area contributed by atoms with Crippen LogP contribution < -0.4 is 10.6 Å². The van der Waals surface area contributed by atoms with Crippen LogP contribution in [0.25, 0.3) is 0 Å². The van der Waals surface area contributed by atoms with Crippen LogP contribution >= 0.6 is 15.9 Å². The summed E-state index contributed by atoms with van der Waals surface area (Å²) in [7, 11) is 0. The molecule has 1 aromatic rings. The Hall–Kier alpha value is -1.56. The van der Waals surface area contributed by atoms with Gasteiger partial charge < -0.3 is 15.7 Å². The highest BCUT2D eigenvalue weighted by molar-refractivity contribution is 9.10. The van der Waals surface area contributed by atoms with Gasteiger partial charge in [0.05, 0.1) is 11.3 Å². The molecular formula is C15H21BrN2O3. The fourth-order valence-corrected chi connectivity index (χ4v) is 2.64. The van der Waals surface area contributed by atoms with Gasteiger partial charge in [-0.2, -0.15) is 0 Å². The zero-order valence-electron chi connectivity index (χ0n) is 12.4. The van der Waals surface area contributed by atoms with Crippen molar-refractivity contribution in [3.05, 3.63) is 28.2 Å². The summed E-state index contributed by atoms with van der Waals surface area (Å²) in [6.45, 7) is 6.12. The van der Waals surface area contributed by atoms with Gasteiger partial charge in [-0.25, -0.2) is 9.59 Å². The third-order valence-electron chi connectivity index (χ3n) is 3.57. The number of amides is 2. The minimum atomic E-state index is -1.08. The minimum Gasteiger partial charge on any atom is -0.478 e. The Morgan fingerprint density at radius 3 is 2.43 bits per heavy atom. The van der Waals surface area contributed by atoms with Crippen molar-refractivity contribution in [3.8, 4) is 0 Å². The van der Waals surface area contributed by atoms with Gasteiger partial charge >= 0.3 is 12.0 Å². The van der Waals surface area contributed by atoms with E-state index in [1.807, 2.05) is 6.92 Å². The molecule has 0 fully saturated rings. The zero-order valence-corrected chi connectivity index (χ0v) is 14.0. The summed E-state index contributed by atoms with van der Waals surface area (Å²) >= 11 is 3.22. The second-order valence-electron chi connectivity index (χ2n) is 4.96. The lowest BCUT2D eigenvalue weighted by atomic mass is 9.96. The standard InChI is InChI=1S/C15H21BrN2O3/c1-4-10(5-2)9(3)17-15(21)18-13-7-6-11(16)8-12(13)14(19)20/h6-10H,4-5H2,1-3H3,(H,19,20)(H2,17,18,21). The Bertz CT molecular complexity index is 516. The van der Waals surface area contributed by atoms with Gasteiger partial charge in [0.2, 0.25) is 0 Å². The highest BCUT2D eigenvalue weighted by Crippen LogP contribution is 2.21. The molecule has 0 aliphatic carbocycles. The largest absolute Gasteiger partial charge is 0.478 e. The smallest absolute Gasteiger partial charge is 0.337 e. The molecule has 21 heavy (non-hydrogen) atoms. The van der Waals surface area contributed by atoms with E-state index in [0.717, 1.165) is 12.8 Å². The van der Waals surface area contributed by atoms with Crippen LogP contribution in [0.15, 0.2) is 22.7 Å². The molecule has 1 atom stereocenters. The molecule has 116 valence electrons. The normalized spacial score (nSPS) is 12.0. The lowest BCUT2D eigenvalue weighted by molar-refractivity contribution is 0.0698. The molecule has 1 unspecified atom stereocenters. The molecule has 0 radical (unpaired) electrons. The van der Waals surface area contributed by atoms with Crippen LogP contribution in [0.2, 0.25) is 0 Å². The van der Waals surface area contributed by atoms with Crippen molar-refractivity contribution in [2.24, 2.45) is 5.92 Å². The molecule has 6 heteroatoms. The number of nitrogens with one attached hydrogen (secondary N) is 2. The van der Waals surface area contributed by atoms with E-state index in [1.165, 1.54) is 6.07 Å². The SMILES string of the molecule is CCC(CC)C(C)NC(=O)Nc1ccc(Br)cc1C(=O)O. The number of benzene rings is 1. The number of rotatable bonds is 6. The van der Waals surface area contributed by atoms with Gasteiger partial charge in [0.1, 0.15) is 0 Å². The van der Waals surface area contributed by atoms with E-state index in [1.54, 1.807) is 12.1 Å². The van der Waals surface area contributed by atoms with Crippen LogP contribution in [0.5, 0.6) is 0 Å². The highest BCUT2D eigenvalue weighted by atomic mass is 79.9. The molecule has 0 aliphatic heterocycles. The van der Waals surface area contributed by atoms with Crippen molar-refractivity contribution < 1.29 is 14.7 Å². The zero-order chi connectivity index (χ0) is 16.0. The Kier molecular flexibility index (Phi) is 6.68. The second-order valence-corrected chi connectivity index (χ2v) is 5.87. The van der Waals surface area contributed by atoms with E-state index in [2.05, 4.69) is 40.4 Å². The van der Waals surface area contributed by atoms with Crippen LogP contribution in [0.3, 0.4) is 0 Å². The number of hydrogen-bond acceptors (Lipinski definition) is 2. The lowest BCUT2D eigenvalue weighted by Crippen LogP contribution is -2.40. The van der Waals surface area contributed by atoms with E-state index in [0.29, 0.717) is 10.4 Å². The lowest BCUT2D eigenvalue weighted by Gasteiger charge is -2.22. The predicted molar refractivity (Wildman–Crippen MR) is 86.8 cm³/mol. The van der Waals surface area contributed by atoms with Gasteiger partial charge in [-0.15, -0.1) is 0 Å². The first-order chi connectivity index (χ1) is 9.88. The molecule has 0 aromatic heterocycles. The molecule has 0 bridgehead atoms. The van der Waals surface area contributed by atoms with E-state index in [4.69, 9.17) is 5.11 Å². The topological polar surface area (TPSA) is 78.4 Å². The van der Waals surface area contributed by atoms with Crippen molar-refractivity contribution in [1.29, 1.82) is 0 Å². The number of carbonyl (C=O) groups excluding carboxylic acids is 1. The van der Waals surface area contributed by atoms with Crippen molar-refractivity contribution in [2.75, 3.05) is 5.32 Å². The van der Waals surface area contributed by atoms with Gasteiger partial charge in [-0.05, 0) is 31.0 Å². The van der Waals surface area contributed by atoms with Crippen LogP contribution in [0.4, 0.5) is 10.5 Å². The number of carbonyl (C=O) groups is 2. The van der Waals surface area contributed by atoms with Crippen LogP contribution in [-0.4, -0.2) is 23.1 Å². The number of urea groups is 1. The maximum absolute atomic E-state index is 12.0. The second kappa shape index (κ2) is 8.02. The summed E-state index contributed by atoms with van der Waals surface area (Å²) < 4.78 is 0.649. The van der Waals surface area contributed by atoms with Crippen LogP contribution in [0.1, 0.15) is 44.0 Å². The molecule has 2 amide bonds. The average Bonchev–Trinajstić information content (AvgIpc) is 2.41. The van der Waals surface area contributed by atoms with Gasteiger partial charge in [0.25, 0.3) is 0 Å². The van der Waals surface area contributed by atoms with Crippen molar-refractivity contribution in [2.45, 2.75) is 39.7 Å². The number of halogens is 1. The summed E-state index contributed by atoms with van der Waals surface area (Å²) in [4.78, 5) is 23.2. The molecular weight excluding hydrogens is 336 g/mol. The van der Waals surface area contributed by atoms with Crippen LogP contribution in [-0.2, 0) is 0 Å². The Morgan fingerprint density at radius 2 is 1.90 bits per heavy atom. The molecule has 0 saturated heterocycles. The molecule has 5 nitrogen and oxygen atoms in total. The molecule has 1 rings (SSSR count). The Morgan fingerprint density at radius 1 is 1.29 bits per heavy atom. The van der Waals surface area contributed by atoms with Crippen molar-refractivity contribution >= 4 is 33.6 Å². The summed E-state index contributed by atoms with van der Waals surface area (Å²) in [6, 6.07) is 4.35. The first-order valence-electron chi connectivity index (χ1n) is 6.99.